The zero-order valence-corrected chi connectivity index (χ0v) is 15.1. The lowest BCUT2D eigenvalue weighted by Gasteiger charge is -2.02. The van der Waals surface area contributed by atoms with Gasteiger partial charge >= 0.3 is 0 Å². The van der Waals surface area contributed by atoms with Gasteiger partial charge in [-0.3, -0.25) is 10.1 Å². The molecule has 0 saturated carbocycles. The van der Waals surface area contributed by atoms with E-state index in [9.17, 15) is 10.1 Å². The number of hydrogen-bond donors (Lipinski definition) is 0. The van der Waals surface area contributed by atoms with Crippen LogP contribution in [-0.4, -0.2) is 4.92 Å². The number of nitrogens with zero attached hydrogens (tertiary/aromatic N) is 1. The van der Waals surface area contributed by atoms with Crippen LogP contribution in [0.3, 0.4) is 0 Å². The van der Waals surface area contributed by atoms with E-state index in [1.165, 1.54) is 19.2 Å². The normalized spacial score (nSPS) is 10.9. The van der Waals surface area contributed by atoms with Gasteiger partial charge in [0.25, 0.3) is 5.69 Å². The van der Waals surface area contributed by atoms with E-state index in [0.29, 0.717) is 0 Å². The van der Waals surface area contributed by atoms with E-state index < -0.39 is 0 Å². The van der Waals surface area contributed by atoms with Crippen LogP contribution >= 0.6 is 53.2 Å². The third kappa shape index (κ3) is 3.20. The number of nitro benzene ring substituents is 1. The molecule has 0 fully saturated rings. The lowest BCUT2D eigenvalue weighted by molar-refractivity contribution is -0.384. The molecule has 7 heteroatoms. The van der Waals surface area contributed by atoms with Crippen LogP contribution < -0.4 is 0 Å². The lowest BCUT2D eigenvalue weighted by atomic mass is 10.3. The topological polar surface area (TPSA) is 43.1 Å². The Bertz CT molecular complexity index is 802. The average molecular weight is 445 g/mol. The molecule has 0 spiro atoms. The maximum atomic E-state index is 10.7. The molecule has 0 saturated heterocycles. The predicted octanol–water partition coefficient (Wildman–Crippen LogP) is 6.40. The smallest absolute Gasteiger partial charge is 0.258 e. The summed E-state index contributed by atoms with van der Waals surface area (Å²) in [6.07, 6.45) is 0. The number of benzene rings is 2. The van der Waals surface area contributed by atoms with Crippen LogP contribution in [0.5, 0.6) is 0 Å². The zero-order valence-electron chi connectivity index (χ0n) is 10.5. The minimum atomic E-state index is -0.374. The first-order chi connectivity index (χ1) is 10.2. The van der Waals surface area contributed by atoms with Gasteiger partial charge in [-0.05, 0) is 27.1 Å². The van der Waals surface area contributed by atoms with Crippen molar-refractivity contribution < 1.29 is 4.92 Å². The maximum absolute atomic E-state index is 10.7. The molecular weight excluding hydrogens is 437 g/mol. The van der Waals surface area contributed by atoms with Crippen LogP contribution in [0, 0.1) is 10.1 Å². The Morgan fingerprint density at radius 2 is 1.81 bits per heavy atom. The third-order valence-electron chi connectivity index (χ3n) is 2.86. The molecule has 21 heavy (non-hydrogen) atoms. The quantitative estimate of drug-likeness (QED) is 0.265. The van der Waals surface area contributed by atoms with E-state index in [4.69, 9.17) is 0 Å². The Labute approximate surface area is 145 Å². The highest BCUT2D eigenvalue weighted by Gasteiger charge is 2.14. The second kappa shape index (κ2) is 6.55. The number of hydrogen-bond acceptors (Lipinski definition) is 5. The van der Waals surface area contributed by atoms with Gasteiger partial charge in [-0.25, -0.2) is 0 Å². The molecule has 0 unspecified atom stereocenters. The molecule has 0 aliphatic rings. The van der Waals surface area contributed by atoms with Gasteiger partial charge in [-0.2, -0.15) is 0 Å². The number of rotatable bonds is 4. The fourth-order valence-corrected chi connectivity index (χ4v) is 6.67. The van der Waals surface area contributed by atoms with E-state index in [2.05, 4.69) is 33.3 Å². The Hall–Kier alpha value is -0.770. The van der Waals surface area contributed by atoms with Gasteiger partial charge in [0.15, 0.2) is 0 Å². The predicted molar refractivity (Wildman–Crippen MR) is 98.9 cm³/mol. The van der Waals surface area contributed by atoms with Gasteiger partial charge in [-0.1, -0.05) is 30.0 Å². The zero-order chi connectivity index (χ0) is 14.8. The van der Waals surface area contributed by atoms with Crippen LogP contribution in [0.2, 0.25) is 0 Å². The van der Waals surface area contributed by atoms with Crippen molar-refractivity contribution in [1.82, 2.24) is 0 Å². The average Bonchev–Trinajstić information content (AvgIpc) is 2.86. The van der Waals surface area contributed by atoms with E-state index in [1.54, 1.807) is 56.3 Å². The van der Waals surface area contributed by atoms with Crippen LogP contribution in [0.15, 0.2) is 62.5 Å². The fraction of sp³-hybridized carbons (Fsp3) is 0. The molecule has 0 aliphatic carbocycles. The van der Waals surface area contributed by atoms with Crippen LogP contribution in [0.1, 0.15) is 0 Å². The largest absolute Gasteiger partial charge is 0.269 e. The van der Waals surface area contributed by atoms with Gasteiger partial charge in [0.2, 0.25) is 0 Å². The SMILES string of the molecule is O=[N+]([O-])c1ccc(Sc2c(SI)sc3ccccc23)cc1. The van der Waals surface area contributed by atoms with Crippen molar-refractivity contribution in [3.8, 4) is 0 Å². The Morgan fingerprint density at radius 1 is 1.10 bits per heavy atom. The number of halogens is 1. The highest BCUT2D eigenvalue weighted by atomic mass is 127. The van der Waals surface area contributed by atoms with Crippen molar-refractivity contribution in [3.05, 3.63) is 58.6 Å². The summed E-state index contributed by atoms with van der Waals surface area (Å²) in [5.41, 5.74) is 0.123. The number of thiophene rings is 1. The fourth-order valence-electron chi connectivity index (χ4n) is 1.90. The molecule has 3 nitrogen and oxygen atoms in total. The van der Waals surface area contributed by atoms with E-state index in [-0.39, 0.29) is 10.6 Å². The summed E-state index contributed by atoms with van der Waals surface area (Å²) in [5.74, 6) is 0. The second-order valence-electron chi connectivity index (χ2n) is 4.15. The number of fused-ring (bicyclic) bond motifs is 1. The Morgan fingerprint density at radius 3 is 2.48 bits per heavy atom. The molecule has 0 amide bonds. The third-order valence-corrected chi connectivity index (χ3v) is 8.28. The van der Waals surface area contributed by atoms with Crippen molar-refractivity contribution in [2.45, 2.75) is 14.0 Å². The van der Waals surface area contributed by atoms with E-state index in [1.807, 2.05) is 12.1 Å². The summed E-state index contributed by atoms with van der Waals surface area (Å²) >= 11 is 5.73. The summed E-state index contributed by atoms with van der Waals surface area (Å²) in [7, 11) is 1.71. The second-order valence-corrected chi connectivity index (χ2v) is 8.42. The standard InChI is InChI=1S/C14H8INO2S3/c15-21-14-13(11-3-1-2-4-12(11)20-14)19-10-7-5-9(6-8-10)16(17)18/h1-8H. The van der Waals surface area contributed by atoms with Crippen molar-refractivity contribution in [3.63, 3.8) is 0 Å². The van der Waals surface area contributed by atoms with Crippen LogP contribution in [0.4, 0.5) is 5.69 Å². The van der Waals surface area contributed by atoms with Gasteiger partial charge in [-0.15, -0.1) is 11.3 Å². The first-order valence-corrected chi connectivity index (χ1v) is 10.9. The van der Waals surface area contributed by atoms with Crippen LogP contribution in [-0.2, 0) is 0 Å². The summed E-state index contributed by atoms with van der Waals surface area (Å²) in [6, 6.07) is 15.0. The highest BCUT2D eigenvalue weighted by Crippen LogP contribution is 2.48. The van der Waals surface area contributed by atoms with Gasteiger partial charge in [0.05, 0.1) is 9.13 Å². The highest BCUT2D eigenvalue weighted by molar-refractivity contribution is 14.2. The summed E-state index contributed by atoms with van der Waals surface area (Å²) < 4.78 is 2.53. The van der Waals surface area contributed by atoms with E-state index >= 15 is 0 Å². The summed E-state index contributed by atoms with van der Waals surface area (Å²) in [6.45, 7) is 0. The van der Waals surface area contributed by atoms with Crippen LogP contribution in [0.25, 0.3) is 10.1 Å². The first-order valence-electron chi connectivity index (χ1n) is 5.91. The summed E-state index contributed by atoms with van der Waals surface area (Å²) in [4.78, 5) is 12.6. The molecule has 0 radical (unpaired) electrons. The van der Waals surface area contributed by atoms with E-state index in [0.717, 1.165) is 4.90 Å². The van der Waals surface area contributed by atoms with Gasteiger partial charge < -0.3 is 0 Å². The first kappa shape index (κ1) is 15.1. The number of nitro groups is 1. The molecule has 0 N–H and O–H groups in total. The van der Waals surface area contributed by atoms with Crippen molar-refractivity contribution in [1.29, 1.82) is 0 Å². The molecule has 106 valence electrons. The van der Waals surface area contributed by atoms with Crippen molar-refractivity contribution in [2.75, 3.05) is 0 Å². The Balaban J connectivity index is 1.99. The molecule has 1 aromatic heterocycles. The monoisotopic (exact) mass is 445 g/mol. The molecular formula is C14H8INO2S3. The Kier molecular flexibility index (Phi) is 4.72. The molecule has 0 atom stereocenters. The van der Waals surface area contributed by atoms with Crippen molar-refractivity contribution in [2.24, 2.45) is 0 Å². The minimum Gasteiger partial charge on any atom is -0.258 e. The van der Waals surface area contributed by atoms with Gasteiger partial charge in [0, 0.05) is 53.2 Å². The molecule has 0 bridgehead atoms. The molecule has 0 aliphatic heterocycles. The minimum absolute atomic E-state index is 0.123. The number of non-ortho nitro benzene ring substituents is 1. The van der Waals surface area contributed by atoms with Crippen molar-refractivity contribution >= 4 is 69.0 Å². The summed E-state index contributed by atoms with van der Waals surface area (Å²) in [5, 5.41) is 11.9. The van der Waals surface area contributed by atoms with Gasteiger partial charge in [0.1, 0.15) is 0 Å². The molecule has 3 rings (SSSR count). The maximum Gasteiger partial charge on any atom is 0.269 e. The molecule has 1 heterocycles. The lowest BCUT2D eigenvalue weighted by Crippen LogP contribution is -1.86. The molecule has 3 aromatic rings. The molecule has 2 aromatic carbocycles.